The smallest absolute Gasteiger partial charge is 0.315 e. The molecule has 26 heavy (non-hydrogen) atoms. The molecule has 5 fully saturated rings. The Balaban J connectivity index is 1.77. The lowest BCUT2D eigenvalue weighted by Crippen LogP contribution is -2.59. The quantitative estimate of drug-likeness (QED) is 0.384. The van der Waals surface area contributed by atoms with Gasteiger partial charge in [0.05, 0.1) is 24.2 Å². The van der Waals surface area contributed by atoms with Crippen molar-refractivity contribution in [2.24, 2.45) is 34.5 Å². The van der Waals surface area contributed by atoms with Gasteiger partial charge in [0.15, 0.2) is 0 Å². The summed E-state index contributed by atoms with van der Waals surface area (Å²) in [5, 5.41) is 41.9. The minimum Gasteiger partial charge on any atom is -0.481 e. The molecule has 5 rings (SSSR count). The molecule has 0 aromatic carbocycles. The maximum absolute atomic E-state index is 12.8. The van der Waals surface area contributed by atoms with E-state index in [4.69, 9.17) is 4.74 Å². The number of fused-ring (bicyclic) bond motifs is 1. The Hall–Kier alpha value is -1.44. The highest BCUT2D eigenvalue weighted by molar-refractivity contribution is 5.85. The zero-order valence-corrected chi connectivity index (χ0v) is 14.6. The molecule has 0 aromatic rings. The average molecular weight is 364 g/mol. The minimum absolute atomic E-state index is 0.0141. The molecule has 4 aliphatic carbocycles. The Morgan fingerprint density at radius 1 is 1.23 bits per heavy atom. The Kier molecular flexibility index (Phi) is 2.90. The Morgan fingerprint density at radius 2 is 1.92 bits per heavy atom. The molecule has 1 aliphatic heterocycles. The number of hydrogen-bond acceptors (Lipinski definition) is 6. The van der Waals surface area contributed by atoms with E-state index in [1.165, 1.54) is 6.92 Å². The van der Waals surface area contributed by atoms with Crippen LogP contribution in [0.3, 0.4) is 0 Å². The van der Waals surface area contributed by atoms with Crippen molar-refractivity contribution in [3.63, 3.8) is 0 Å². The van der Waals surface area contributed by atoms with Crippen molar-refractivity contribution >= 4 is 11.9 Å². The molecule has 0 aromatic heterocycles. The average Bonchev–Trinajstić information content (AvgIpc) is 3.04. The fraction of sp³-hybridized carbons (Fsp3) is 0.789. The first-order chi connectivity index (χ1) is 12.1. The molecule has 1 saturated heterocycles. The van der Waals surface area contributed by atoms with Gasteiger partial charge >= 0.3 is 11.9 Å². The third-order valence-corrected chi connectivity index (χ3v) is 8.53. The van der Waals surface area contributed by atoms with E-state index in [9.17, 15) is 30.0 Å². The van der Waals surface area contributed by atoms with Gasteiger partial charge in [0.2, 0.25) is 0 Å². The standard InChI is InChI=1S/C19H24O7/c1-7-4-18-5-8(7)9(20)3-11(18)19-6-10(21)14(22)17(2,16(25)26-19)13(19)12(18)15(23)24/h8-14,20-22H,1,3-6H2,2H3,(H,23,24)/t8?,9-,10+,11-,12-,13-,14+,17+,18+,19-/m1/s1. The minimum atomic E-state index is -1.46. The molecule has 0 amide bonds. The van der Waals surface area contributed by atoms with Crippen molar-refractivity contribution in [1.82, 2.24) is 0 Å². The highest BCUT2D eigenvalue weighted by atomic mass is 16.6. The maximum Gasteiger partial charge on any atom is 0.315 e. The molecule has 1 unspecified atom stereocenters. The van der Waals surface area contributed by atoms with Gasteiger partial charge in [-0.05, 0) is 31.6 Å². The molecule has 1 spiro atoms. The van der Waals surface area contributed by atoms with Crippen LogP contribution in [0.25, 0.3) is 0 Å². The highest BCUT2D eigenvalue weighted by Crippen LogP contribution is 2.77. The third kappa shape index (κ3) is 1.47. The normalized spacial score (nSPS) is 59.8. The van der Waals surface area contributed by atoms with E-state index in [1.807, 2.05) is 0 Å². The van der Waals surface area contributed by atoms with Crippen LogP contribution in [-0.4, -0.2) is 56.3 Å². The summed E-state index contributed by atoms with van der Waals surface area (Å²) in [5.74, 6) is -3.73. The maximum atomic E-state index is 12.8. The summed E-state index contributed by atoms with van der Waals surface area (Å²) in [7, 11) is 0. The predicted octanol–water partition coefficient (Wildman–Crippen LogP) is 0.0778. The van der Waals surface area contributed by atoms with Gasteiger partial charge in [-0.2, -0.15) is 0 Å². The number of carboxylic acids is 1. The van der Waals surface area contributed by atoms with E-state index in [1.54, 1.807) is 0 Å². The summed E-state index contributed by atoms with van der Waals surface area (Å²) < 4.78 is 5.86. The van der Waals surface area contributed by atoms with Gasteiger partial charge in [0, 0.05) is 24.2 Å². The number of esters is 1. The second-order valence-corrected chi connectivity index (χ2v) is 9.37. The number of carbonyl (C=O) groups excluding carboxylic acids is 1. The van der Waals surface area contributed by atoms with Gasteiger partial charge in [-0.1, -0.05) is 12.2 Å². The van der Waals surface area contributed by atoms with Crippen molar-refractivity contribution in [2.75, 3.05) is 0 Å². The number of aliphatic hydroxyl groups excluding tert-OH is 3. The first-order valence-corrected chi connectivity index (χ1v) is 9.27. The second kappa shape index (κ2) is 4.51. The van der Waals surface area contributed by atoms with E-state index in [-0.39, 0.29) is 18.3 Å². The molecule has 4 N–H and O–H groups in total. The number of ether oxygens (including phenoxy) is 1. The number of aliphatic carboxylic acids is 1. The summed E-state index contributed by atoms with van der Waals surface area (Å²) in [4.78, 5) is 25.2. The monoisotopic (exact) mass is 364 g/mol. The van der Waals surface area contributed by atoms with Crippen LogP contribution < -0.4 is 0 Å². The van der Waals surface area contributed by atoms with E-state index in [0.29, 0.717) is 19.3 Å². The molecule has 0 radical (unpaired) electrons. The van der Waals surface area contributed by atoms with E-state index in [0.717, 1.165) is 5.57 Å². The lowest BCUT2D eigenvalue weighted by atomic mass is 9.58. The zero-order valence-electron chi connectivity index (χ0n) is 14.6. The summed E-state index contributed by atoms with van der Waals surface area (Å²) >= 11 is 0. The molecule has 4 saturated carbocycles. The molecule has 7 nitrogen and oxygen atoms in total. The van der Waals surface area contributed by atoms with Crippen molar-refractivity contribution in [2.45, 2.75) is 56.5 Å². The van der Waals surface area contributed by atoms with Crippen LogP contribution in [0.5, 0.6) is 0 Å². The van der Waals surface area contributed by atoms with Gasteiger partial charge in [-0.3, -0.25) is 9.59 Å². The first kappa shape index (κ1) is 16.7. The first-order valence-electron chi connectivity index (χ1n) is 9.27. The molecule has 142 valence electrons. The predicted molar refractivity (Wildman–Crippen MR) is 86.6 cm³/mol. The summed E-state index contributed by atoms with van der Waals surface area (Å²) in [6, 6.07) is 0. The largest absolute Gasteiger partial charge is 0.481 e. The van der Waals surface area contributed by atoms with Gasteiger partial charge in [0.1, 0.15) is 11.0 Å². The zero-order chi connectivity index (χ0) is 18.8. The molecular formula is C19H24O7. The summed E-state index contributed by atoms with van der Waals surface area (Å²) in [6.07, 6.45) is -1.84. The number of carboxylic acid groups (broad SMARTS) is 1. The van der Waals surface area contributed by atoms with Crippen LogP contribution in [0.15, 0.2) is 12.2 Å². The number of hydrogen-bond donors (Lipinski definition) is 4. The molecule has 10 atom stereocenters. The lowest BCUT2D eigenvalue weighted by Gasteiger charge is -2.47. The fourth-order valence-corrected chi connectivity index (χ4v) is 7.70. The molecule has 7 heteroatoms. The van der Waals surface area contributed by atoms with Crippen molar-refractivity contribution in [3.05, 3.63) is 12.2 Å². The molecular weight excluding hydrogens is 340 g/mol. The Bertz CT molecular complexity index is 748. The lowest BCUT2D eigenvalue weighted by molar-refractivity contribution is -0.165. The molecule has 5 aliphatic rings. The van der Waals surface area contributed by atoms with Crippen molar-refractivity contribution in [1.29, 1.82) is 0 Å². The Morgan fingerprint density at radius 3 is 2.58 bits per heavy atom. The van der Waals surface area contributed by atoms with Gasteiger partial charge < -0.3 is 25.2 Å². The fourth-order valence-electron chi connectivity index (χ4n) is 7.70. The summed E-state index contributed by atoms with van der Waals surface area (Å²) in [6.45, 7) is 5.60. The number of rotatable bonds is 1. The van der Waals surface area contributed by atoms with Crippen LogP contribution in [0.1, 0.15) is 32.6 Å². The van der Waals surface area contributed by atoms with Crippen LogP contribution >= 0.6 is 0 Å². The topological polar surface area (TPSA) is 124 Å². The number of aliphatic hydroxyl groups is 3. The van der Waals surface area contributed by atoms with Crippen molar-refractivity contribution < 1.29 is 34.8 Å². The SMILES string of the molecule is C=C1C[C@]23CC1[C@H](O)C[C@H]2[C@@]12C[C@H](O)[C@H](O)[C@@](C)(C(=O)O1)[C@H]2[C@@H]3C(=O)O. The van der Waals surface area contributed by atoms with Gasteiger partial charge in [0.25, 0.3) is 0 Å². The van der Waals surface area contributed by atoms with Crippen molar-refractivity contribution in [3.8, 4) is 0 Å². The number of carbonyl (C=O) groups is 2. The van der Waals surface area contributed by atoms with Gasteiger partial charge in [-0.15, -0.1) is 0 Å². The molecule has 4 bridgehead atoms. The highest BCUT2D eigenvalue weighted by Gasteiger charge is 2.84. The van der Waals surface area contributed by atoms with Crippen LogP contribution in [0.2, 0.25) is 0 Å². The Labute approximate surface area is 150 Å². The van der Waals surface area contributed by atoms with E-state index < -0.39 is 58.5 Å². The van der Waals surface area contributed by atoms with Crippen LogP contribution in [0.4, 0.5) is 0 Å². The van der Waals surface area contributed by atoms with Crippen LogP contribution in [0, 0.1) is 34.5 Å². The van der Waals surface area contributed by atoms with Gasteiger partial charge in [-0.25, -0.2) is 0 Å². The summed E-state index contributed by atoms with van der Waals surface area (Å²) in [5.41, 5.74) is -2.40. The van der Waals surface area contributed by atoms with E-state index in [2.05, 4.69) is 6.58 Å². The second-order valence-electron chi connectivity index (χ2n) is 9.37. The third-order valence-electron chi connectivity index (χ3n) is 8.53. The van der Waals surface area contributed by atoms with E-state index >= 15 is 0 Å². The van der Waals surface area contributed by atoms with Crippen LogP contribution in [-0.2, 0) is 14.3 Å². The molecule has 1 heterocycles.